The molecule has 0 saturated carbocycles. The van der Waals surface area contributed by atoms with Crippen LogP contribution >= 0.6 is 0 Å². The van der Waals surface area contributed by atoms with Crippen molar-refractivity contribution in [3.63, 3.8) is 0 Å². The largest absolute Gasteiger partial charge is 0.494 e. The summed E-state index contributed by atoms with van der Waals surface area (Å²) in [5.74, 6) is 0.833. The summed E-state index contributed by atoms with van der Waals surface area (Å²) >= 11 is 0. The second-order valence-corrected chi connectivity index (χ2v) is 8.99. The Morgan fingerprint density at radius 3 is 2.69 bits per heavy atom. The number of ether oxygens (including phenoxy) is 1. The molecule has 204 valence electrons. The molecule has 39 heavy (non-hydrogen) atoms. The maximum absolute atomic E-state index is 12.8. The predicted octanol–water partition coefficient (Wildman–Crippen LogP) is 4.41. The Kier molecular flexibility index (Phi) is 8.93. The Hall–Kier alpha value is -4.67. The van der Waals surface area contributed by atoms with E-state index in [1.54, 1.807) is 30.3 Å². The number of halogens is 1. The van der Waals surface area contributed by atoms with E-state index in [0.717, 1.165) is 29.9 Å². The summed E-state index contributed by atoms with van der Waals surface area (Å²) < 4.78 is 18.5. The molecule has 1 aliphatic heterocycles. The van der Waals surface area contributed by atoms with Crippen molar-refractivity contribution in [2.24, 2.45) is 0 Å². The summed E-state index contributed by atoms with van der Waals surface area (Å²) in [6, 6.07) is 13.1. The van der Waals surface area contributed by atoms with Crippen LogP contribution in [0.5, 0.6) is 5.75 Å². The van der Waals surface area contributed by atoms with Crippen molar-refractivity contribution < 1.29 is 18.7 Å². The fourth-order valence-electron chi connectivity index (χ4n) is 4.24. The van der Waals surface area contributed by atoms with Crippen LogP contribution in [0.1, 0.15) is 12.0 Å². The third-order valence-corrected chi connectivity index (χ3v) is 6.31. The van der Waals surface area contributed by atoms with Crippen LogP contribution in [0, 0.1) is 6.92 Å². The van der Waals surface area contributed by atoms with Gasteiger partial charge in [0.15, 0.2) is 6.67 Å². The molecule has 2 heterocycles. The molecule has 11 heteroatoms. The molecule has 0 atom stereocenters. The van der Waals surface area contributed by atoms with Crippen molar-refractivity contribution in [2.75, 3.05) is 60.8 Å². The third kappa shape index (κ3) is 7.01. The normalized spacial score (nSPS) is 13.3. The van der Waals surface area contributed by atoms with Crippen molar-refractivity contribution in [3.05, 3.63) is 66.9 Å². The molecule has 1 saturated heterocycles. The molecule has 0 bridgehead atoms. The first-order valence-electron chi connectivity index (χ1n) is 12.6. The second-order valence-electron chi connectivity index (χ2n) is 8.99. The van der Waals surface area contributed by atoms with Crippen molar-refractivity contribution in [1.29, 1.82) is 0 Å². The monoisotopic (exact) mass is 533 g/mol. The Labute approximate surface area is 226 Å². The minimum absolute atomic E-state index is 0.290. The van der Waals surface area contributed by atoms with Gasteiger partial charge in [0.25, 0.3) is 5.91 Å². The number of aryl methyl sites for hydroxylation is 1. The van der Waals surface area contributed by atoms with Gasteiger partial charge in [-0.2, -0.15) is 4.98 Å². The zero-order valence-corrected chi connectivity index (χ0v) is 22.0. The zero-order chi connectivity index (χ0) is 27.8. The van der Waals surface area contributed by atoms with Gasteiger partial charge in [-0.05, 0) is 49.8 Å². The number of hydrogen-bond acceptors (Lipinski definition) is 8. The lowest BCUT2D eigenvalue weighted by molar-refractivity contribution is -0.131. The molecule has 3 N–H and O–H groups in total. The predicted molar refractivity (Wildman–Crippen MR) is 151 cm³/mol. The maximum Gasteiger partial charge on any atom is 0.254 e. The topological polar surface area (TPSA) is 112 Å². The summed E-state index contributed by atoms with van der Waals surface area (Å²) in [5.41, 5.74) is 3.85. The molecule has 1 fully saturated rings. The lowest BCUT2D eigenvalue weighted by atomic mass is 10.2. The molecular weight excluding hydrogens is 501 g/mol. The molecule has 3 aromatic rings. The Bertz CT molecular complexity index is 1350. The highest BCUT2D eigenvalue weighted by atomic mass is 19.1. The number of nitrogens with zero attached hydrogens (tertiary/aromatic N) is 4. The molecule has 1 aliphatic rings. The molecule has 2 aromatic carbocycles. The molecule has 0 unspecified atom stereocenters. The summed E-state index contributed by atoms with van der Waals surface area (Å²) in [5, 5.41) is 9.24. The molecule has 0 aliphatic carbocycles. The summed E-state index contributed by atoms with van der Waals surface area (Å²) in [6.45, 7) is 6.78. The first-order valence-corrected chi connectivity index (χ1v) is 12.6. The quantitative estimate of drug-likeness (QED) is 0.347. The average molecular weight is 534 g/mol. The van der Waals surface area contributed by atoms with E-state index in [0.29, 0.717) is 48.5 Å². The van der Waals surface area contributed by atoms with Crippen LogP contribution in [-0.2, 0) is 9.59 Å². The van der Waals surface area contributed by atoms with Gasteiger partial charge in [0.05, 0.1) is 12.8 Å². The van der Waals surface area contributed by atoms with Gasteiger partial charge in [-0.1, -0.05) is 12.6 Å². The number of benzene rings is 2. The van der Waals surface area contributed by atoms with Gasteiger partial charge < -0.3 is 30.5 Å². The van der Waals surface area contributed by atoms with Crippen molar-refractivity contribution in [1.82, 2.24) is 14.9 Å². The lowest BCUT2D eigenvalue weighted by Gasteiger charge is -2.24. The molecule has 10 nitrogen and oxygen atoms in total. The van der Waals surface area contributed by atoms with Crippen LogP contribution in [0.25, 0.3) is 0 Å². The third-order valence-electron chi connectivity index (χ3n) is 6.31. The first kappa shape index (κ1) is 27.4. The molecular formula is C28H32FN7O3. The second kappa shape index (κ2) is 12.7. The van der Waals surface area contributed by atoms with Gasteiger partial charge in [-0.25, -0.2) is 9.37 Å². The van der Waals surface area contributed by atoms with Crippen molar-refractivity contribution >= 4 is 46.3 Å². The lowest BCUT2D eigenvalue weighted by Crippen LogP contribution is -2.36. The number of aromatic nitrogens is 2. The molecule has 0 spiro atoms. The number of alkyl halides is 1. The van der Waals surface area contributed by atoms with E-state index < -0.39 is 12.6 Å². The van der Waals surface area contributed by atoms with Gasteiger partial charge in [0, 0.05) is 61.1 Å². The van der Waals surface area contributed by atoms with E-state index in [-0.39, 0.29) is 5.91 Å². The van der Waals surface area contributed by atoms with Gasteiger partial charge in [-0.15, -0.1) is 0 Å². The molecule has 0 radical (unpaired) electrons. The van der Waals surface area contributed by atoms with E-state index in [4.69, 9.17) is 4.74 Å². The molecule has 2 amide bonds. The first-order chi connectivity index (χ1) is 18.9. The summed E-state index contributed by atoms with van der Waals surface area (Å²) in [6.07, 6.45) is 3.68. The number of carbonyl (C=O) groups is 2. The number of amides is 2. The van der Waals surface area contributed by atoms with Crippen molar-refractivity contribution in [3.8, 4) is 5.75 Å². The van der Waals surface area contributed by atoms with Crippen molar-refractivity contribution in [2.45, 2.75) is 13.3 Å². The number of rotatable bonds is 9. The SMILES string of the molecule is C=CC(=O)Nc1cccc(Nc2nc(Nc3ccc(N4CCCN(C(=O)CF)CC4)cc3OC)ncc2C)c1. The minimum atomic E-state index is -0.965. The summed E-state index contributed by atoms with van der Waals surface area (Å²) in [4.78, 5) is 36.2. The van der Waals surface area contributed by atoms with Crippen LogP contribution in [0.2, 0.25) is 0 Å². The number of anilines is 6. The fraction of sp³-hybridized carbons (Fsp3) is 0.286. The Morgan fingerprint density at radius 2 is 1.92 bits per heavy atom. The van der Waals surface area contributed by atoms with E-state index in [2.05, 4.69) is 37.4 Å². The van der Waals surface area contributed by atoms with Gasteiger partial charge >= 0.3 is 0 Å². The number of carbonyl (C=O) groups excluding carboxylic acids is 2. The van der Waals surface area contributed by atoms with Gasteiger partial charge in [0.1, 0.15) is 11.6 Å². The Balaban J connectivity index is 1.48. The smallest absolute Gasteiger partial charge is 0.254 e. The van der Waals surface area contributed by atoms with E-state index >= 15 is 0 Å². The highest BCUT2D eigenvalue weighted by Gasteiger charge is 2.20. The standard InChI is InChI=1S/C28H32FN7O3/c1-4-25(37)31-20-7-5-8-21(15-20)32-27-19(2)18-30-28(34-27)33-23-10-9-22(16-24(23)39-3)35-11-6-12-36(14-13-35)26(38)17-29/h4-5,7-10,15-16,18H,1,6,11-14,17H2,2-3H3,(H,31,37)(H2,30,32,33,34). The molecule has 1 aromatic heterocycles. The highest BCUT2D eigenvalue weighted by Crippen LogP contribution is 2.32. The number of hydrogen-bond donors (Lipinski definition) is 3. The maximum atomic E-state index is 12.8. The van der Waals surface area contributed by atoms with Gasteiger partial charge in [0.2, 0.25) is 11.9 Å². The minimum Gasteiger partial charge on any atom is -0.494 e. The number of methoxy groups -OCH3 is 1. The van der Waals surface area contributed by atoms with Crippen LogP contribution in [0.15, 0.2) is 61.3 Å². The van der Waals surface area contributed by atoms with Gasteiger partial charge in [-0.3, -0.25) is 9.59 Å². The highest BCUT2D eigenvalue weighted by molar-refractivity contribution is 5.99. The fourth-order valence-corrected chi connectivity index (χ4v) is 4.24. The van der Waals surface area contributed by atoms with E-state index in [1.165, 1.54) is 6.08 Å². The van der Waals surface area contributed by atoms with Crippen LogP contribution in [0.4, 0.5) is 38.9 Å². The van der Waals surface area contributed by atoms with Crippen LogP contribution in [-0.4, -0.2) is 66.6 Å². The zero-order valence-electron chi connectivity index (χ0n) is 22.0. The number of nitrogens with one attached hydrogen (secondary N) is 3. The van der Waals surface area contributed by atoms with Crippen LogP contribution < -0.4 is 25.6 Å². The van der Waals surface area contributed by atoms with E-state index in [9.17, 15) is 14.0 Å². The molecule has 4 rings (SSSR count). The van der Waals surface area contributed by atoms with Crippen LogP contribution in [0.3, 0.4) is 0 Å². The average Bonchev–Trinajstić information content (AvgIpc) is 3.21. The summed E-state index contributed by atoms with van der Waals surface area (Å²) in [7, 11) is 1.59. The Morgan fingerprint density at radius 1 is 1.10 bits per heavy atom. The van der Waals surface area contributed by atoms with E-state index in [1.807, 2.05) is 37.3 Å².